The van der Waals surface area contributed by atoms with Crippen LogP contribution in [0.2, 0.25) is 0 Å². The average molecular weight is 791 g/mol. The lowest BCUT2D eigenvalue weighted by molar-refractivity contribution is -0.136. The quantitative estimate of drug-likeness (QED) is 0.0398. The molecule has 2 saturated heterocycles. The maximum atomic E-state index is 13.7. The molecule has 2 aliphatic rings. The lowest BCUT2D eigenvalue weighted by Crippen LogP contribution is -2.49. The fourth-order valence-corrected chi connectivity index (χ4v) is 7.94. The molecular formula is C46H62N8O4. The van der Waals surface area contributed by atoms with Crippen molar-refractivity contribution in [2.24, 2.45) is 11.8 Å². The Kier molecular flexibility index (Phi) is 15.1. The highest BCUT2D eigenvalue weighted by Crippen LogP contribution is 2.35. The Hall–Kier alpha value is -5.04. The molecule has 4 atom stereocenters. The van der Waals surface area contributed by atoms with E-state index in [-0.39, 0.29) is 48.0 Å². The molecule has 2 fully saturated rings. The number of hydrogen-bond acceptors (Lipinski definition) is 8. The zero-order valence-corrected chi connectivity index (χ0v) is 34.7. The second-order valence-electron chi connectivity index (χ2n) is 16.1. The predicted molar refractivity (Wildman–Crippen MR) is 230 cm³/mol. The SMILES string of the molecule is C=CCCOCN[C@H](C(=O)N1CCCC1c1ncc(-c2ccc(-c3ccc(-c4cnc([C@@H]5CCCN5C[C@@H](NC(=O)OCCC=C)C(C)C)[nH]4)cc3)cc2)[nH]1)C(C)C. The minimum atomic E-state index is -0.379. The monoisotopic (exact) mass is 790 g/mol. The Morgan fingerprint density at radius 2 is 1.34 bits per heavy atom. The van der Waals surface area contributed by atoms with Crippen molar-refractivity contribution in [1.82, 2.24) is 40.4 Å². The number of aromatic amines is 2. The third-order valence-electron chi connectivity index (χ3n) is 11.3. The Morgan fingerprint density at radius 3 is 1.93 bits per heavy atom. The van der Waals surface area contributed by atoms with Crippen LogP contribution in [-0.4, -0.2) is 93.4 Å². The summed E-state index contributed by atoms with van der Waals surface area (Å²) in [6.45, 7) is 19.4. The number of carbonyl (C=O) groups is 2. The van der Waals surface area contributed by atoms with E-state index in [0.29, 0.717) is 32.9 Å². The molecule has 2 aromatic carbocycles. The third-order valence-corrected chi connectivity index (χ3v) is 11.3. The van der Waals surface area contributed by atoms with Crippen LogP contribution < -0.4 is 10.6 Å². The first-order valence-corrected chi connectivity index (χ1v) is 21.0. The number of amides is 2. The summed E-state index contributed by atoms with van der Waals surface area (Å²) >= 11 is 0. The van der Waals surface area contributed by atoms with Crippen molar-refractivity contribution in [3.8, 4) is 33.6 Å². The highest BCUT2D eigenvalue weighted by molar-refractivity contribution is 5.83. The van der Waals surface area contributed by atoms with E-state index in [1.54, 1.807) is 6.08 Å². The van der Waals surface area contributed by atoms with Crippen molar-refractivity contribution < 1.29 is 19.1 Å². The predicted octanol–water partition coefficient (Wildman–Crippen LogP) is 8.43. The molecule has 1 unspecified atom stereocenters. The van der Waals surface area contributed by atoms with Crippen LogP contribution in [0.1, 0.15) is 90.0 Å². The molecule has 0 spiro atoms. The molecule has 12 nitrogen and oxygen atoms in total. The fourth-order valence-electron chi connectivity index (χ4n) is 7.94. The minimum Gasteiger partial charge on any atom is -0.449 e. The number of nitrogens with zero attached hydrogens (tertiary/aromatic N) is 4. The van der Waals surface area contributed by atoms with Crippen LogP contribution >= 0.6 is 0 Å². The number of ether oxygens (including phenoxy) is 2. The van der Waals surface area contributed by atoms with Crippen LogP contribution in [0.25, 0.3) is 33.6 Å². The number of likely N-dealkylation sites (tertiary alicyclic amines) is 2. The number of nitrogens with one attached hydrogen (secondary N) is 4. The van der Waals surface area contributed by atoms with E-state index in [0.717, 1.165) is 90.5 Å². The maximum Gasteiger partial charge on any atom is 0.407 e. The largest absolute Gasteiger partial charge is 0.449 e. The first kappa shape index (κ1) is 42.6. The van der Waals surface area contributed by atoms with Gasteiger partial charge in [0.25, 0.3) is 0 Å². The Bertz CT molecular complexity index is 1930. The van der Waals surface area contributed by atoms with Gasteiger partial charge in [0.1, 0.15) is 11.6 Å². The van der Waals surface area contributed by atoms with Crippen LogP contribution in [0.15, 0.2) is 86.2 Å². The lowest BCUT2D eigenvalue weighted by Gasteiger charge is -2.30. The molecule has 6 rings (SSSR count). The van der Waals surface area contributed by atoms with Gasteiger partial charge in [-0.25, -0.2) is 14.8 Å². The molecule has 12 heteroatoms. The van der Waals surface area contributed by atoms with E-state index < -0.39 is 0 Å². The summed E-state index contributed by atoms with van der Waals surface area (Å²) in [7, 11) is 0. The normalized spacial score (nSPS) is 18.1. The second kappa shape index (κ2) is 20.6. The molecule has 2 aliphatic heterocycles. The molecule has 0 aliphatic carbocycles. The third kappa shape index (κ3) is 10.7. The van der Waals surface area contributed by atoms with E-state index in [1.165, 1.54) is 0 Å². The standard InChI is InChI=1S/C46H62N8O4/c1-7-9-25-57-30-49-42(32(5)6)45(55)54-24-12-14-41(54)44-48-28-38(51-44)36-21-17-34(18-22-36)33-15-19-35(20-16-33)37-27-47-43(50-37)40-13-11-23-53(40)29-39(31(3)4)52-46(56)58-26-10-8-2/h7-8,15-22,27-28,31-32,39-42,49H,1-2,9-14,23-26,29-30H2,3-6H3,(H,47,50)(H,48,51)(H,52,56)/t39-,40+,41?,42+/m1/s1. The highest BCUT2D eigenvalue weighted by atomic mass is 16.5. The van der Waals surface area contributed by atoms with Gasteiger partial charge in [0.15, 0.2) is 0 Å². The van der Waals surface area contributed by atoms with Crippen molar-refractivity contribution in [3.63, 3.8) is 0 Å². The molecule has 2 aromatic heterocycles. The van der Waals surface area contributed by atoms with Gasteiger partial charge in [-0.1, -0.05) is 88.4 Å². The Morgan fingerprint density at radius 1 is 0.793 bits per heavy atom. The molecule has 4 aromatic rings. The van der Waals surface area contributed by atoms with Gasteiger partial charge in [-0.05, 0) is 79.2 Å². The molecule has 310 valence electrons. The lowest BCUT2D eigenvalue weighted by atomic mass is 10.0. The number of H-pyrrole nitrogens is 2. The fraction of sp³-hybridized carbons (Fsp3) is 0.478. The minimum absolute atomic E-state index is 0.0329. The average Bonchev–Trinajstić information content (AvgIpc) is 4.06. The Balaban J connectivity index is 1.05. The molecule has 4 heterocycles. The van der Waals surface area contributed by atoms with Crippen molar-refractivity contribution in [2.75, 3.05) is 39.6 Å². The van der Waals surface area contributed by atoms with Crippen LogP contribution in [0, 0.1) is 11.8 Å². The van der Waals surface area contributed by atoms with Crippen molar-refractivity contribution in [2.45, 2.75) is 90.4 Å². The summed E-state index contributed by atoms with van der Waals surface area (Å²) in [5, 5.41) is 6.39. The molecule has 0 radical (unpaired) electrons. The van der Waals surface area contributed by atoms with Gasteiger partial charge in [-0.2, -0.15) is 0 Å². The van der Waals surface area contributed by atoms with Gasteiger partial charge in [0.05, 0.1) is 61.9 Å². The number of hydrogen-bond donors (Lipinski definition) is 4. The van der Waals surface area contributed by atoms with Gasteiger partial charge < -0.3 is 29.7 Å². The first-order valence-electron chi connectivity index (χ1n) is 21.0. The smallest absolute Gasteiger partial charge is 0.407 e. The molecule has 58 heavy (non-hydrogen) atoms. The summed E-state index contributed by atoms with van der Waals surface area (Å²) in [5.41, 5.74) is 6.27. The second-order valence-corrected chi connectivity index (χ2v) is 16.1. The number of aromatic nitrogens is 4. The summed E-state index contributed by atoms with van der Waals surface area (Å²) in [4.78, 5) is 47.3. The van der Waals surface area contributed by atoms with Gasteiger partial charge in [0.2, 0.25) is 5.91 Å². The topological polar surface area (TPSA) is 140 Å². The zero-order chi connectivity index (χ0) is 41.0. The van der Waals surface area contributed by atoms with Crippen LogP contribution in [0.4, 0.5) is 4.79 Å². The van der Waals surface area contributed by atoms with Crippen molar-refractivity contribution in [1.29, 1.82) is 0 Å². The van der Waals surface area contributed by atoms with Gasteiger partial charge >= 0.3 is 6.09 Å². The highest BCUT2D eigenvalue weighted by Gasteiger charge is 2.37. The van der Waals surface area contributed by atoms with Crippen LogP contribution in [0.5, 0.6) is 0 Å². The van der Waals surface area contributed by atoms with E-state index in [9.17, 15) is 9.59 Å². The number of alkyl carbamates (subject to hydrolysis) is 1. The van der Waals surface area contributed by atoms with Crippen LogP contribution in [0.3, 0.4) is 0 Å². The number of imidazole rings is 2. The molecular weight excluding hydrogens is 729 g/mol. The number of rotatable bonds is 20. The van der Waals surface area contributed by atoms with Crippen LogP contribution in [-0.2, 0) is 14.3 Å². The number of benzene rings is 2. The summed E-state index contributed by atoms with van der Waals surface area (Å²) in [5.74, 6) is 2.24. The molecule has 0 bridgehead atoms. The van der Waals surface area contributed by atoms with E-state index in [2.05, 4.69) is 115 Å². The van der Waals surface area contributed by atoms with Gasteiger partial charge in [0, 0.05) is 19.1 Å². The Labute approximate surface area is 343 Å². The molecule has 0 saturated carbocycles. The van der Waals surface area contributed by atoms with Gasteiger partial charge in [-0.15, -0.1) is 13.2 Å². The van der Waals surface area contributed by atoms with E-state index in [1.807, 2.05) is 23.4 Å². The summed E-state index contributed by atoms with van der Waals surface area (Å²) in [6, 6.07) is 16.8. The summed E-state index contributed by atoms with van der Waals surface area (Å²) in [6.07, 6.45) is 12.3. The van der Waals surface area contributed by atoms with Crippen molar-refractivity contribution in [3.05, 3.63) is 97.9 Å². The summed E-state index contributed by atoms with van der Waals surface area (Å²) < 4.78 is 11.0. The molecule has 2 amide bonds. The van der Waals surface area contributed by atoms with Crippen molar-refractivity contribution >= 4 is 12.0 Å². The first-order chi connectivity index (χ1) is 28.2. The van der Waals surface area contributed by atoms with E-state index in [4.69, 9.17) is 19.4 Å². The number of carbonyl (C=O) groups excluding carboxylic acids is 2. The maximum absolute atomic E-state index is 13.7. The zero-order valence-electron chi connectivity index (χ0n) is 34.7. The van der Waals surface area contributed by atoms with E-state index >= 15 is 0 Å². The molecule has 4 N–H and O–H groups in total. The van der Waals surface area contributed by atoms with Gasteiger partial charge in [-0.3, -0.25) is 15.0 Å².